The molecule has 41 heavy (non-hydrogen) atoms. The number of hydrogen-bond acceptors (Lipinski definition) is 5. The summed E-state index contributed by atoms with van der Waals surface area (Å²) in [5.41, 5.74) is 4.49. The second-order valence-electron chi connectivity index (χ2n) is 10.7. The van der Waals surface area contributed by atoms with Gasteiger partial charge in [0.1, 0.15) is 0 Å². The number of nitrogens with one attached hydrogen (secondary N) is 2. The first kappa shape index (κ1) is 28.7. The maximum Gasteiger partial charge on any atom is 0.318 e. The molecule has 7 nitrogen and oxygen atoms in total. The number of aromatic nitrogens is 1. The van der Waals surface area contributed by atoms with Gasteiger partial charge in [0.05, 0.1) is 24.9 Å². The number of amides is 2. The van der Waals surface area contributed by atoms with E-state index in [1.54, 1.807) is 0 Å². The summed E-state index contributed by atoms with van der Waals surface area (Å²) in [6.07, 6.45) is 2.74. The summed E-state index contributed by atoms with van der Waals surface area (Å²) in [6.45, 7) is 9.28. The van der Waals surface area contributed by atoms with Crippen molar-refractivity contribution >= 4 is 16.8 Å². The van der Waals surface area contributed by atoms with Gasteiger partial charge in [0.15, 0.2) is 0 Å². The van der Waals surface area contributed by atoms with Crippen LogP contribution in [0.2, 0.25) is 0 Å². The molecular formula is C34H41N5O2. The largest absolute Gasteiger partial charge is 0.379 e. The van der Waals surface area contributed by atoms with Gasteiger partial charge in [-0.25, -0.2) is 4.79 Å². The molecule has 1 saturated heterocycles. The summed E-state index contributed by atoms with van der Waals surface area (Å²) < 4.78 is 5.49. The Balaban J connectivity index is 1.21. The van der Waals surface area contributed by atoms with Gasteiger partial charge in [-0.05, 0) is 52.9 Å². The van der Waals surface area contributed by atoms with Crippen molar-refractivity contribution in [3.63, 3.8) is 0 Å². The van der Waals surface area contributed by atoms with E-state index in [0.29, 0.717) is 13.1 Å². The van der Waals surface area contributed by atoms with Crippen LogP contribution in [0.3, 0.4) is 0 Å². The Morgan fingerprint density at radius 1 is 0.927 bits per heavy atom. The minimum Gasteiger partial charge on any atom is -0.379 e. The van der Waals surface area contributed by atoms with Crippen LogP contribution < -0.4 is 10.6 Å². The van der Waals surface area contributed by atoms with Gasteiger partial charge in [0.25, 0.3) is 0 Å². The highest BCUT2D eigenvalue weighted by Gasteiger charge is 2.19. The lowest BCUT2D eigenvalue weighted by atomic mass is 10.00. The van der Waals surface area contributed by atoms with Crippen LogP contribution in [-0.2, 0) is 24.4 Å². The summed E-state index contributed by atoms with van der Waals surface area (Å²) in [7, 11) is 0. The van der Waals surface area contributed by atoms with Crippen LogP contribution in [0.25, 0.3) is 10.8 Å². The third-order valence-electron chi connectivity index (χ3n) is 7.68. The predicted octanol–water partition coefficient (Wildman–Crippen LogP) is 5.52. The summed E-state index contributed by atoms with van der Waals surface area (Å²) in [4.78, 5) is 22.4. The molecule has 5 rings (SSSR count). The number of fused-ring (bicyclic) bond motifs is 1. The molecule has 214 valence electrons. The maximum atomic E-state index is 13.7. The molecule has 0 unspecified atom stereocenters. The zero-order chi connectivity index (χ0) is 28.3. The SMILES string of the molecule is C[C@H](NC(=O)N(CCCN1CCOCC1)Cc1ccc(CNCc2ccccn2)cc1)c1cccc2ccccc12. The van der Waals surface area contributed by atoms with Crippen molar-refractivity contribution < 1.29 is 9.53 Å². The van der Waals surface area contributed by atoms with Crippen LogP contribution in [0, 0.1) is 0 Å². The van der Waals surface area contributed by atoms with Gasteiger partial charge in [-0.15, -0.1) is 0 Å². The lowest BCUT2D eigenvalue weighted by molar-refractivity contribution is 0.0364. The van der Waals surface area contributed by atoms with Gasteiger partial charge in [0.2, 0.25) is 0 Å². The Hall–Kier alpha value is -3.78. The van der Waals surface area contributed by atoms with Crippen molar-refractivity contribution in [2.45, 2.75) is 39.0 Å². The third kappa shape index (κ3) is 8.36. The molecule has 7 heteroatoms. The van der Waals surface area contributed by atoms with E-state index in [-0.39, 0.29) is 12.1 Å². The van der Waals surface area contributed by atoms with Crippen molar-refractivity contribution in [3.8, 4) is 0 Å². The molecular weight excluding hydrogens is 510 g/mol. The average molecular weight is 552 g/mol. The van der Waals surface area contributed by atoms with Crippen LogP contribution in [0.1, 0.15) is 41.8 Å². The highest BCUT2D eigenvalue weighted by atomic mass is 16.5. The Labute approximate surface area is 243 Å². The fourth-order valence-corrected chi connectivity index (χ4v) is 5.37. The second-order valence-corrected chi connectivity index (χ2v) is 10.7. The number of pyridine rings is 1. The number of rotatable bonds is 12. The molecule has 0 radical (unpaired) electrons. The molecule has 1 aliphatic rings. The zero-order valence-electron chi connectivity index (χ0n) is 24.0. The van der Waals surface area contributed by atoms with E-state index >= 15 is 0 Å². The molecule has 0 bridgehead atoms. The first-order chi connectivity index (χ1) is 20.2. The van der Waals surface area contributed by atoms with E-state index in [1.807, 2.05) is 35.4 Å². The number of ether oxygens (including phenoxy) is 1. The Kier molecular flexibility index (Phi) is 10.3. The Morgan fingerprint density at radius 3 is 2.49 bits per heavy atom. The van der Waals surface area contributed by atoms with Gasteiger partial charge < -0.3 is 20.3 Å². The first-order valence-electron chi connectivity index (χ1n) is 14.7. The maximum absolute atomic E-state index is 13.7. The number of hydrogen-bond donors (Lipinski definition) is 2. The number of carbonyl (C=O) groups excluding carboxylic acids is 1. The zero-order valence-corrected chi connectivity index (χ0v) is 24.0. The molecule has 0 spiro atoms. The topological polar surface area (TPSA) is 69.7 Å². The summed E-state index contributed by atoms with van der Waals surface area (Å²) in [6, 6.07) is 29.0. The highest BCUT2D eigenvalue weighted by Crippen LogP contribution is 2.24. The number of benzene rings is 3. The molecule has 4 aromatic rings. The monoisotopic (exact) mass is 551 g/mol. The lowest BCUT2D eigenvalue weighted by Gasteiger charge is -2.29. The highest BCUT2D eigenvalue weighted by molar-refractivity contribution is 5.86. The van der Waals surface area contributed by atoms with Gasteiger partial charge >= 0.3 is 6.03 Å². The summed E-state index contributed by atoms with van der Waals surface area (Å²) in [5, 5.41) is 9.10. The quantitative estimate of drug-likeness (QED) is 0.243. The molecule has 1 aliphatic heterocycles. The van der Waals surface area contributed by atoms with Gasteiger partial charge in [0, 0.05) is 52.0 Å². The van der Waals surface area contributed by atoms with Crippen LogP contribution in [0.15, 0.2) is 91.1 Å². The van der Waals surface area contributed by atoms with Crippen LogP contribution in [0.4, 0.5) is 4.79 Å². The summed E-state index contributed by atoms with van der Waals surface area (Å²) in [5.74, 6) is 0. The second kappa shape index (κ2) is 14.7. The van der Waals surface area contributed by atoms with Crippen molar-refractivity contribution in [2.75, 3.05) is 39.4 Å². The molecule has 1 fully saturated rings. The van der Waals surface area contributed by atoms with Crippen LogP contribution in [0.5, 0.6) is 0 Å². The van der Waals surface area contributed by atoms with E-state index < -0.39 is 0 Å². The van der Waals surface area contributed by atoms with Crippen LogP contribution >= 0.6 is 0 Å². The van der Waals surface area contributed by atoms with E-state index in [2.05, 4.69) is 88.1 Å². The smallest absolute Gasteiger partial charge is 0.318 e. The minimum absolute atomic E-state index is 0.0338. The summed E-state index contributed by atoms with van der Waals surface area (Å²) >= 11 is 0. The first-order valence-corrected chi connectivity index (χ1v) is 14.7. The van der Waals surface area contributed by atoms with Crippen molar-refractivity contribution in [1.29, 1.82) is 0 Å². The Morgan fingerprint density at radius 2 is 1.68 bits per heavy atom. The average Bonchev–Trinajstić information content (AvgIpc) is 3.02. The molecule has 2 heterocycles. The van der Waals surface area contributed by atoms with Crippen molar-refractivity contribution in [1.82, 2.24) is 25.4 Å². The van der Waals surface area contributed by atoms with Gasteiger partial charge in [-0.3, -0.25) is 9.88 Å². The Bertz CT molecular complexity index is 1370. The molecule has 0 saturated carbocycles. The minimum atomic E-state index is -0.108. The normalized spacial score (nSPS) is 14.6. The predicted molar refractivity (Wildman–Crippen MR) is 164 cm³/mol. The molecule has 0 aliphatic carbocycles. The molecule has 2 N–H and O–H groups in total. The van der Waals surface area contributed by atoms with E-state index in [9.17, 15) is 4.79 Å². The number of nitrogens with zero attached hydrogens (tertiary/aromatic N) is 3. The molecule has 3 aromatic carbocycles. The fraction of sp³-hybridized carbons (Fsp3) is 0.353. The molecule has 2 amide bonds. The van der Waals surface area contributed by atoms with Gasteiger partial charge in [-0.1, -0.05) is 72.8 Å². The molecule has 1 atom stereocenters. The van der Waals surface area contributed by atoms with Crippen molar-refractivity contribution in [2.24, 2.45) is 0 Å². The van der Waals surface area contributed by atoms with E-state index in [0.717, 1.165) is 69.2 Å². The number of carbonyl (C=O) groups is 1. The third-order valence-corrected chi connectivity index (χ3v) is 7.68. The van der Waals surface area contributed by atoms with Crippen LogP contribution in [-0.4, -0.2) is 60.2 Å². The molecule has 1 aromatic heterocycles. The number of urea groups is 1. The van der Waals surface area contributed by atoms with E-state index in [1.165, 1.54) is 16.3 Å². The number of morpholine rings is 1. The fourth-order valence-electron chi connectivity index (χ4n) is 5.37. The van der Waals surface area contributed by atoms with E-state index in [4.69, 9.17) is 4.74 Å². The van der Waals surface area contributed by atoms with Crippen molar-refractivity contribution in [3.05, 3.63) is 114 Å². The lowest BCUT2D eigenvalue weighted by Crippen LogP contribution is -2.43. The van der Waals surface area contributed by atoms with Gasteiger partial charge in [-0.2, -0.15) is 0 Å². The standard InChI is InChI=1S/C34H41N5O2/c1-27(32-12-6-9-30-8-2-3-11-33(30)32)37-34(40)39(19-7-18-38-20-22-41-23-21-38)26-29-15-13-28(14-16-29)24-35-25-31-10-4-5-17-36-31/h2-6,8-17,27,35H,7,18-26H2,1H3,(H,37,40)/t27-/m0/s1.